The van der Waals surface area contributed by atoms with E-state index in [2.05, 4.69) is 26.5 Å². The number of hydrogen-bond donors (Lipinski definition) is 1. The first-order valence-corrected chi connectivity index (χ1v) is 7.85. The maximum Gasteiger partial charge on any atom is 0.222 e. The summed E-state index contributed by atoms with van der Waals surface area (Å²) in [7, 11) is 0. The van der Waals surface area contributed by atoms with E-state index in [0.29, 0.717) is 17.8 Å². The highest BCUT2D eigenvalue weighted by atomic mass is 35.5. The highest BCUT2D eigenvalue weighted by Crippen LogP contribution is 2.27. The summed E-state index contributed by atoms with van der Waals surface area (Å²) in [4.78, 5) is 8.74. The van der Waals surface area contributed by atoms with E-state index in [1.165, 1.54) is 11.1 Å². The first-order valence-electron chi connectivity index (χ1n) is 7.47. The largest absolute Gasteiger partial charge is 0.356 e. The van der Waals surface area contributed by atoms with Gasteiger partial charge < -0.3 is 9.84 Å². The molecule has 0 saturated carbocycles. The average molecular weight is 327 g/mol. The van der Waals surface area contributed by atoms with Crippen molar-refractivity contribution in [2.45, 2.75) is 25.8 Å². The predicted molar refractivity (Wildman–Crippen MR) is 88.5 cm³/mol. The lowest BCUT2D eigenvalue weighted by atomic mass is 10.1. The van der Waals surface area contributed by atoms with Crippen molar-refractivity contribution in [2.75, 3.05) is 5.32 Å². The molecule has 0 aliphatic heterocycles. The van der Waals surface area contributed by atoms with Gasteiger partial charge in [0, 0.05) is 29.5 Å². The van der Waals surface area contributed by atoms with Crippen LogP contribution in [0.3, 0.4) is 0 Å². The molecule has 3 aromatic rings. The van der Waals surface area contributed by atoms with Crippen LogP contribution in [-0.2, 0) is 12.8 Å². The van der Waals surface area contributed by atoms with Crippen LogP contribution in [0.15, 0.2) is 41.2 Å². The first kappa shape index (κ1) is 14.2. The molecule has 5 nitrogen and oxygen atoms in total. The summed E-state index contributed by atoms with van der Waals surface area (Å²) in [6.07, 6.45) is 5.38. The average Bonchev–Trinajstić information content (AvgIpc) is 3.13. The Balaban J connectivity index is 1.46. The van der Waals surface area contributed by atoms with Crippen LogP contribution in [0.25, 0.3) is 11.3 Å². The van der Waals surface area contributed by atoms with Gasteiger partial charge in [0.15, 0.2) is 5.76 Å². The number of aromatic nitrogens is 3. The summed E-state index contributed by atoms with van der Waals surface area (Å²) in [6, 6.07) is 8.22. The Morgan fingerprint density at radius 3 is 2.65 bits per heavy atom. The Hall–Kier alpha value is -2.40. The minimum atomic E-state index is 0.293. The van der Waals surface area contributed by atoms with Gasteiger partial charge in [0.05, 0.1) is 11.3 Å². The number of nitrogens with one attached hydrogen (secondary N) is 1. The van der Waals surface area contributed by atoms with Crippen LogP contribution in [0.5, 0.6) is 0 Å². The number of hydrogen-bond acceptors (Lipinski definition) is 5. The Kier molecular flexibility index (Phi) is 3.50. The van der Waals surface area contributed by atoms with Crippen LogP contribution in [0.2, 0.25) is 5.02 Å². The standard InChI is InChI=1S/C17H15ClN4O/c1-10-4-16(23-22-10)13-8-19-17(20-9-13)21-15-6-11-2-3-14(18)5-12(11)7-15/h2-5,8-9,15H,6-7H2,1H3,(H,19,20,21). The molecule has 2 heterocycles. The molecule has 0 fully saturated rings. The maximum absolute atomic E-state index is 6.05. The monoisotopic (exact) mass is 326 g/mol. The summed E-state index contributed by atoms with van der Waals surface area (Å²) in [5.41, 5.74) is 4.28. The van der Waals surface area contributed by atoms with Crippen molar-refractivity contribution in [1.29, 1.82) is 0 Å². The third-order valence-corrected chi connectivity index (χ3v) is 4.23. The van der Waals surface area contributed by atoms with Crippen LogP contribution in [0, 0.1) is 6.92 Å². The van der Waals surface area contributed by atoms with E-state index in [4.69, 9.17) is 16.1 Å². The zero-order valence-electron chi connectivity index (χ0n) is 12.6. The molecule has 1 atom stereocenters. The van der Waals surface area contributed by atoms with Crippen molar-refractivity contribution < 1.29 is 4.52 Å². The van der Waals surface area contributed by atoms with Crippen LogP contribution < -0.4 is 5.32 Å². The van der Waals surface area contributed by atoms with Gasteiger partial charge in [-0.1, -0.05) is 22.8 Å². The number of halogens is 1. The van der Waals surface area contributed by atoms with Crippen molar-refractivity contribution in [3.63, 3.8) is 0 Å². The molecule has 0 saturated heterocycles. The van der Waals surface area contributed by atoms with Crippen LogP contribution in [-0.4, -0.2) is 21.2 Å². The van der Waals surface area contributed by atoms with Gasteiger partial charge in [0.25, 0.3) is 0 Å². The van der Waals surface area contributed by atoms with Crippen molar-refractivity contribution in [1.82, 2.24) is 15.1 Å². The second-order valence-corrected chi connectivity index (χ2v) is 6.23. The van der Waals surface area contributed by atoms with Gasteiger partial charge in [0.2, 0.25) is 5.95 Å². The minimum Gasteiger partial charge on any atom is -0.356 e. The topological polar surface area (TPSA) is 63.8 Å². The van der Waals surface area contributed by atoms with Crippen molar-refractivity contribution >= 4 is 17.5 Å². The fourth-order valence-corrected chi connectivity index (χ4v) is 3.10. The van der Waals surface area contributed by atoms with Gasteiger partial charge in [-0.05, 0) is 43.0 Å². The fraction of sp³-hybridized carbons (Fsp3) is 0.235. The predicted octanol–water partition coefficient (Wildman–Crippen LogP) is 3.67. The molecule has 0 bridgehead atoms. The quantitative estimate of drug-likeness (QED) is 0.795. The second kappa shape index (κ2) is 5.66. The second-order valence-electron chi connectivity index (χ2n) is 5.79. The number of aryl methyl sites for hydroxylation is 1. The Labute approximate surface area is 138 Å². The number of benzene rings is 1. The van der Waals surface area contributed by atoms with Gasteiger partial charge in [-0.15, -0.1) is 0 Å². The summed E-state index contributed by atoms with van der Waals surface area (Å²) >= 11 is 6.05. The zero-order chi connectivity index (χ0) is 15.8. The van der Waals surface area contributed by atoms with E-state index < -0.39 is 0 Å². The Morgan fingerprint density at radius 2 is 1.91 bits per heavy atom. The molecular weight excluding hydrogens is 312 g/mol. The zero-order valence-corrected chi connectivity index (χ0v) is 13.3. The van der Waals surface area contributed by atoms with Gasteiger partial charge in [0.1, 0.15) is 0 Å². The SMILES string of the molecule is Cc1cc(-c2cnc(NC3Cc4ccc(Cl)cc4C3)nc2)on1. The molecule has 6 heteroatoms. The summed E-state index contributed by atoms with van der Waals surface area (Å²) in [5, 5.41) is 8.04. The molecule has 0 amide bonds. The van der Waals surface area contributed by atoms with Crippen molar-refractivity contribution in [3.8, 4) is 11.3 Å². The molecule has 4 rings (SSSR count). The molecule has 2 aromatic heterocycles. The van der Waals surface area contributed by atoms with E-state index in [9.17, 15) is 0 Å². The normalized spacial score (nSPS) is 16.3. The third-order valence-electron chi connectivity index (χ3n) is 4.00. The smallest absolute Gasteiger partial charge is 0.222 e. The molecule has 1 unspecified atom stereocenters. The van der Waals surface area contributed by atoms with Crippen molar-refractivity contribution in [3.05, 3.63) is 58.5 Å². The van der Waals surface area contributed by atoms with E-state index >= 15 is 0 Å². The van der Waals surface area contributed by atoms with Crippen LogP contribution in [0.4, 0.5) is 5.95 Å². The summed E-state index contributed by atoms with van der Waals surface area (Å²) < 4.78 is 5.21. The number of nitrogens with zero attached hydrogens (tertiary/aromatic N) is 3. The number of fused-ring (bicyclic) bond motifs is 1. The van der Waals surface area contributed by atoms with Gasteiger partial charge in [-0.2, -0.15) is 0 Å². The number of rotatable bonds is 3. The highest BCUT2D eigenvalue weighted by molar-refractivity contribution is 6.30. The molecule has 1 aliphatic carbocycles. The summed E-state index contributed by atoms with van der Waals surface area (Å²) in [6.45, 7) is 1.88. The van der Waals surface area contributed by atoms with Gasteiger partial charge >= 0.3 is 0 Å². The molecule has 1 aromatic carbocycles. The van der Waals surface area contributed by atoms with E-state index in [1.54, 1.807) is 12.4 Å². The molecule has 116 valence electrons. The lowest BCUT2D eigenvalue weighted by Gasteiger charge is -2.11. The van der Waals surface area contributed by atoms with Crippen LogP contribution in [0.1, 0.15) is 16.8 Å². The van der Waals surface area contributed by atoms with Crippen LogP contribution >= 0.6 is 11.6 Å². The lowest BCUT2D eigenvalue weighted by molar-refractivity contribution is 0.427. The van der Waals surface area contributed by atoms with Gasteiger partial charge in [-0.25, -0.2) is 9.97 Å². The molecule has 23 heavy (non-hydrogen) atoms. The Bertz CT molecular complexity index is 844. The maximum atomic E-state index is 6.05. The third kappa shape index (κ3) is 2.92. The number of anilines is 1. The first-order chi connectivity index (χ1) is 11.2. The fourth-order valence-electron chi connectivity index (χ4n) is 2.90. The lowest BCUT2D eigenvalue weighted by Crippen LogP contribution is -2.20. The molecule has 1 N–H and O–H groups in total. The van der Waals surface area contributed by atoms with Crippen molar-refractivity contribution in [2.24, 2.45) is 0 Å². The Morgan fingerprint density at radius 1 is 1.13 bits per heavy atom. The molecule has 0 spiro atoms. The highest BCUT2D eigenvalue weighted by Gasteiger charge is 2.22. The van der Waals surface area contributed by atoms with E-state index in [-0.39, 0.29) is 0 Å². The van der Waals surface area contributed by atoms with E-state index in [0.717, 1.165) is 29.1 Å². The minimum absolute atomic E-state index is 0.293. The summed E-state index contributed by atoms with van der Waals surface area (Å²) in [5.74, 6) is 1.30. The molecule has 0 radical (unpaired) electrons. The molecular formula is C17H15ClN4O. The van der Waals surface area contributed by atoms with Gasteiger partial charge in [-0.3, -0.25) is 0 Å². The molecule has 1 aliphatic rings. The van der Waals surface area contributed by atoms with E-state index in [1.807, 2.05) is 25.1 Å².